The molecule has 1 saturated heterocycles. The molecule has 1 heterocycles. The molecule has 5 heteroatoms. The molecular formula is C18H20Cl2N2O. The quantitative estimate of drug-likeness (QED) is 0.847. The highest BCUT2D eigenvalue weighted by Gasteiger charge is 2.27. The molecule has 2 N–H and O–H groups in total. The maximum absolute atomic E-state index is 6.33. The second kappa shape index (κ2) is 7.54. The smallest absolute Gasteiger partial charge is 0.121 e. The lowest BCUT2D eigenvalue weighted by molar-refractivity contribution is 0.414. The van der Waals surface area contributed by atoms with Crippen LogP contribution in [-0.2, 0) is 6.54 Å². The van der Waals surface area contributed by atoms with E-state index in [9.17, 15) is 0 Å². The highest BCUT2D eigenvalue weighted by atomic mass is 35.5. The second-order valence-corrected chi connectivity index (χ2v) is 6.50. The number of nitrogens with one attached hydrogen (secondary N) is 2. The van der Waals surface area contributed by atoms with E-state index in [0.717, 1.165) is 18.5 Å². The maximum atomic E-state index is 6.33. The summed E-state index contributed by atoms with van der Waals surface area (Å²) in [5, 5.41) is 8.41. The van der Waals surface area contributed by atoms with Gasteiger partial charge in [0, 0.05) is 24.2 Å². The third-order valence-corrected chi connectivity index (χ3v) is 4.95. The van der Waals surface area contributed by atoms with Gasteiger partial charge in [0.25, 0.3) is 0 Å². The van der Waals surface area contributed by atoms with Gasteiger partial charge in [-0.3, -0.25) is 0 Å². The molecule has 3 rings (SSSR count). The van der Waals surface area contributed by atoms with Crippen LogP contribution in [0.25, 0.3) is 0 Å². The molecule has 0 radical (unpaired) electrons. The second-order valence-electron chi connectivity index (χ2n) is 5.69. The molecule has 2 aromatic rings. The number of hydrogen-bond acceptors (Lipinski definition) is 3. The third-order valence-electron chi connectivity index (χ3n) is 4.27. The Morgan fingerprint density at radius 3 is 2.52 bits per heavy atom. The highest BCUT2D eigenvalue weighted by molar-refractivity contribution is 6.36. The first kappa shape index (κ1) is 16.6. The monoisotopic (exact) mass is 350 g/mol. The number of methoxy groups -OCH3 is 1. The van der Waals surface area contributed by atoms with Crippen LogP contribution in [-0.4, -0.2) is 19.7 Å². The minimum atomic E-state index is 0.312. The van der Waals surface area contributed by atoms with Crippen molar-refractivity contribution in [1.29, 1.82) is 0 Å². The fourth-order valence-electron chi connectivity index (χ4n) is 3.03. The Bertz CT molecular complexity index is 640. The first-order valence-corrected chi connectivity index (χ1v) is 8.48. The summed E-state index contributed by atoms with van der Waals surface area (Å²) in [6.45, 7) is 1.64. The summed E-state index contributed by atoms with van der Waals surface area (Å²) < 4.78 is 5.18. The molecule has 0 amide bonds. The van der Waals surface area contributed by atoms with Crippen LogP contribution in [0.5, 0.6) is 5.75 Å². The predicted molar refractivity (Wildman–Crippen MR) is 95.4 cm³/mol. The molecule has 122 valence electrons. The van der Waals surface area contributed by atoms with Gasteiger partial charge in [-0.05, 0) is 30.7 Å². The van der Waals surface area contributed by atoms with E-state index in [2.05, 4.69) is 34.9 Å². The molecule has 23 heavy (non-hydrogen) atoms. The molecule has 1 aliphatic rings. The molecule has 0 bridgehead atoms. The molecular weight excluding hydrogens is 331 g/mol. The number of rotatable bonds is 5. The van der Waals surface area contributed by atoms with E-state index >= 15 is 0 Å². The van der Waals surface area contributed by atoms with Gasteiger partial charge in [0.2, 0.25) is 0 Å². The van der Waals surface area contributed by atoms with Crippen molar-refractivity contribution in [2.75, 3.05) is 13.7 Å². The van der Waals surface area contributed by atoms with Crippen molar-refractivity contribution in [2.45, 2.75) is 25.0 Å². The minimum absolute atomic E-state index is 0.312. The molecule has 0 spiro atoms. The van der Waals surface area contributed by atoms with Crippen molar-refractivity contribution in [1.82, 2.24) is 10.6 Å². The zero-order valence-electron chi connectivity index (χ0n) is 13.0. The highest BCUT2D eigenvalue weighted by Crippen LogP contribution is 2.31. The molecule has 3 nitrogen and oxygen atoms in total. The molecule has 2 aromatic carbocycles. The summed E-state index contributed by atoms with van der Waals surface area (Å²) in [4.78, 5) is 0. The van der Waals surface area contributed by atoms with Crippen molar-refractivity contribution in [3.8, 4) is 5.75 Å². The topological polar surface area (TPSA) is 33.3 Å². The van der Waals surface area contributed by atoms with Gasteiger partial charge in [-0.1, -0.05) is 53.5 Å². The van der Waals surface area contributed by atoms with E-state index in [4.69, 9.17) is 27.9 Å². The van der Waals surface area contributed by atoms with Crippen LogP contribution in [0, 0.1) is 0 Å². The van der Waals surface area contributed by atoms with Gasteiger partial charge in [0.1, 0.15) is 5.75 Å². The average Bonchev–Trinajstić information content (AvgIpc) is 3.03. The Morgan fingerprint density at radius 2 is 1.87 bits per heavy atom. The van der Waals surface area contributed by atoms with Crippen molar-refractivity contribution in [2.24, 2.45) is 0 Å². The Morgan fingerprint density at radius 1 is 1.17 bits per heavy atom. The predicted octanol–water partition coefficient (Wildman–Crippen LogP) is 4.19. The lowest BCUT2D eigenvalue weighted by atomic mass is 10.0. The van der Waals surface area contributed by atoms with Crippen LogP contribution in [0.2, 0.25) is 10.0 Å². The normalized spacial score (nSPS) is 20.7. The zero-order valence-corrected chi connectivity index (χ0v) is 14.5. The van der Waals surface area contributed by atoms with Gasteiger partial charge < -0.3 is 15.4 Å². The molecule has 1 aliphatic heterocycles. The van der Waals surface area contributed by atoms with Crippen molar-refractivity contribution in [3.05, 3.63) is 63.6 Å². The van der Waals surface area contributed by atoms with E-state index in [1.807, 2.05) is 6.07 Å². The number of ether oxygens (including phenoxy) is 1. The largest absolute Gasteiger partial charge is 0.497 e. The van der Waals surface area contributed by atoms with E-state index < -0.39 is 0 Å². The fraction of sp³-hybridized carbons (Fsp3) is 0.333. The van der Waals surface area contributed by atoms with Gasteiger partial charge in [-0.15, -0.1) is 0 Å². The summed E-state index contributed by atoms with van der Waals surface area (Å²) in [5.41, 5.74) is 2.21. The minimum Gasteiger partial charge on any atom is -0.497 e. The van der Waals surface area contributed by atoms with Crippen LogP contribution in [0.4, 0.5) is 0 Å². The van der Waals surface area contributed by atoms with Crippen LogP contribution in [0.3, 0.4) is 0 Å². The fourth-order valence-corrected chi connectivity index (χ4v) is 3.63. The lowest BCUT2D eigenvalue weighted by Crippen LogP contribution is -2.34. The summed E-state index contributed by atoms with van der Waals surface area (Å²) in [6, 6.07) is 14.8. The SMILES string of the molecule is COc1cc(Cl)c(CN[C@@H]2CCN[C@@H]2c2ccccc2)c(Cl)c1. The summed E-state index contributed by atoms with van der Waals surface area (Å²) >= 11 is 12.7. The Kier molecular flexibility index (Phi) is 5.44. The third kappa shape index (κ3) is 3.81. The molecule has 0 saturated carbocycles. The maximum Gasteiger partial charge on any atom is 0.121 e. The standard InChI is InChI=1S/C18H20Cl2N2O/c1-23-13-9-15(19)14(16(20)10-13)11-22-17-7-8-21-18(17)12-5-3-2-4-6-12/h2-6,9-10,17-18,21-22H,7-8,11H2,1H3/t17-,18-/m1/s1. The number of benzene rings is 2. The Balaban J connectivity index is 1.71. The Labute approximate surface area is 146 Å². The van der Waals surface area contributed by atoms with Crippen LogP contribution in [0.1, 0.15) is 23.6 Å². The number of halogens is 2. The first-order chi connectivity index (χ1) is 11.2. The average molecular weight is 351 g/mol. The van der Waals surface area contributed by atoms with Crippen LogP contribution >= 0.6 is 23.2 Å². The van der Waals surface area contributed by atoms with Crippen LogP contribution in [0.15, 0.2) is 42.5 Å². The lowest BCUT2D eigenvalue weighted by Gasteiger charge is -2.22. The summed E-state index contributed by atoms with van der Waals surface area (Å²) in [6.07, 6.45) is 1.07. The Hall–Kier alpha value is -1.26. The van der Waals surface area contributed by atoms with E-state index in [1.54, 1.807) is 19.2 Å². The van der Waals surface area contributed by atoms with Gasteiger partial charge in [-0.2, -0.15) is 0 Å². The molecule has 1 fully saturated rings. The number of hydrogen-bond donors (Lipinski definition) is 2. The van der Waals surface area contributed by atoms with Gasteiger partial charge in [-0.25, -0.2) is 0 Å². The van der Waals surface area contributed by atoms with Gasteiger partial charge in [0.15, 0.2) is 0 Å². The van der Waals surface area contributed by atoms with E-state index in [-0.39, 0.29) is 0 Å². The molecule has 0 aromatic heterocycles. The first-order valence-electron chi connectivity index (χ1n) is 7.72. The van der Waals surface area contributed by atoms with E-state index in [1.165, 1.54) is 5.56 Å². The van der Waals surface area contributed by atoms with Crippen molar-refractivity contribution >= 4 is 23.2 Å². The van der Waals surface area contributed by atoms with Gasteiger partial charge in [0.05, 0.1) is 17.2 Å². The molecule has 2 atom stereocenters. The van der Waals surface area contributed by atoms with E-state index in [0.29, 0.717) is 34.4 Å². The van der Waals surface area contributed by atoms with Crippen LogP contribution < -0.4 is 15.4 Å². The van der Waals surface area contributed by atoms with Crippen molar-refractivity contribution in [3.63, 3.8) is 0 Å². The summed E-state index contributed by atoms with van der Waals surface area (Å²) in [7, 11) is 1.61. The van der Waals surface area contributed by atoms with Crippen molar-refractivity contribution < 1.29 is 4.74 Å². The molecule has 0 unspecified atom stereocenters. The van der Waals surface area contributed by atoms with Gasteiger partial charge >= 0.3 is 0 Å². The zero-order chi connectivity index (χ0) is 16.2. The molecule has 0 aliphatic carbocycles. The summed E-state index contributed by atoms with van der Waals surface area (Å²) in [5.74, 6) is 0.674.